The Labute approximate surface area is 104 Å². The summed E-state index contributed by atoms with van der Waals surface area (Å²) < 4.78 is 1.88. The van der Waals surface area contributed by atoms with E-state index in [1.54, 1.807) is 11.3 Å². The van der Waals surface area contributed by atoms with Crippen LogP contribution in [0, 0.1) is 6.92 Å². The highest BCUT2D eigenvalue weighted by atomic mass is 32.1. The SMILES string of the molecule is Cc1c(-c2nc3c(s2)C(N)CCC3)cnn1C. The smallest absolute Gasteiger partial charge is 0.127 e. The van der Waals surface area contributed by atoms with Crippen LogP contribution in [0.3, 0.4) is 0 Å². The molecule has 1 aliphatic rings. The van der Waals surface area contributed by atoms with E-state index in [1.807, 2.05) is 17.9 Å². The third-order valence-electron chi connectivity index (χ3n) is 3.46. The Morgan fingerprint density at radius 1 is 1.53 bits per heavy atom. The van der Waals surface area contributed by atoms with Gasteiger partial charge in [-0.25, -0.2) is 4.98 Å². The molecule has 5 heteroatoms. The molecule has 17 heavy (non-hydrogen) atoms. The van der Waals surface area contributed by atoms with E-state index in [-0.39, 0.29) is 6.04 Å². The van der Waals surface area contributed by atoms with Crippen LogP contribution in [0.1, 0.15) is 35.1 Å². The first-order chi connectivity index (χ1) is 8.16. The van der Waals surface area contributed by atoms with E-state index < -0.39 is 0 Å². The van der Waals surface area contributed by atoms with Crippen molar-refractivity contribution in [3.05, 3.63) is 22.5 Å². The molecule has 2 N–H and O–H groups in total. The molecule has 4 nitrogen and oxygen atoms in total. The Morgan fingerprint density at radius 2 is 2.35 bits per heavy atom. The summed E-state index contributed by atoms with van der Waals surface area (Å²) in [5.74, 6) is 0. The topological polar surface area (TPSA) is 56.7 Å². The van der Waals surface area contributed by atoms with Gasteiger partial charge in [-0.1, -0.05) is 0 Å². The summed E-state index contributed by atoms with van der Waals surface area (Å²) in [6.07, 6.45) is 5.20. The van der Waals surface area contributed by atoms with E-state index in [9.17, 15) is 0 Å². The second-order valence-corrected chi connectivity index (χ2v) is 5.63. The molecule has 0 saturated heterocycles. The largest absolute Gasteiger partial charge is 0.323 e. The second kappa shape index (κ2) is 3.92. The zero-order chi connectivity index (χ0) is 12.0. The first-order valence-electron chi connectivity index (χ1n) is 5.91. The molecule has 0 aromatic carbocycles. The van der Waals surface area contributed by atoms with Gasteiger partial charge in [0.15, 0.2) is 0 Å². The van der Waals surface area contributed by atoms with Crippen LogP contribution in [0.5, 0.6) is 0 Å². The summed E-state index contributed by atoms with van der Waals surface area (Å²) in [5.41, 5.74) is 9.63. The summed E-state index contributed by atoms with van der Waals surface area (Å²) >= 11 is 1.73. The van der Waals surface area contributed by atoms with Crippen molar-refractivity contribution in [1.29, 1.82) is 0 Å². The molecule has 2 aromatic rings. The molecule has 90 valence electrons. The van der Waals surface area contributed by atoms with Crippen LogP contribution in [0.2, 0.25) is 0 Å². The van der Waals surface area contributed by atoms with Gasteiger partial charge in [0.05, 0.1) is 17.5 Å². The lowest BCUT2D eigenvalue weighted by atomic mass is 9.99. The van der Waals surface area contributed by atoms with Crippen molar-refractivity contribution in [2.75, 3.05) is 0 Å². The maximum absolute atomic E-state index is 6.13. The van der Waals surface area contributed by atoms with Gasteiger partial charge in [-0.05, 0) is 26.2 Å². The number of rotatable bonds is 1. The average molecular weight is 248 g/mol. The number of hydrogen-bond donors (Lipinski definition) is 1. The van der Waals surface area contributed by atoms with Gasteiger partial charge in [-0.15, -0.1) is 11.3 Å². The van der Waals surface area contributed by atoms with Gasteiger partial charge in [-0.2, -0.15) is 5.10 Å². The number of aryl methyl sites for hydroxylation is 2. The van der Waals surface area contributed by atoms with Gasteiger partial charge in [0.25, 0.3) is 0 Å². The van der Waals surface area contributed by atoms with Gasteiger partial charge in [-0.3, -0.25) is 4.68 Å². The molecule has 0 amide bonds. The molecule has 1 atom stereocenters. The van der Waals surface area contributed by atoms with Crippen LogP contribution in [0.15, 0.2) is 6.20 Å². The van der Waals surface area contributed by atoms with Crippen LogP contribution in [0.25, 0.3) is 10.6 Å². The monoisotopic (exact) mass is 248 g/mol. The zero-order valence-electron chi connectivity index (χ0n) is 10.1. The molecule has 0 aliphatic heterocycles. The Morgan fingerprint density at radius 3 is 3.00 bits per heavy atom. The number of fused-ring (bicyclic) bond motifs is 1. The normalized spacial score (nSPS) is 19.4. The average Bonchev–Trinajstić information content (AvgIpc) is 2.85. The van der Waals surface area contributed by atoms with Gasteiger partial charge >= 0.3 is 0 Å². The summed E-state index contributed by atoms with van der Waals surface area (Å²) in [5, 5.41) is 5.34. The van der Waals surface area contributed by atoms with Crippen molar-refractivity contribution < 1.29 is 0 Å². The van der Waals surface area contributed by atoms with E-state index >= 15 is 0 Å². The summed E-state index contributed by atoms with van der Waals surface area (Å²) in [6, 6.07) is 0.182. The van der Waals surface area contributed by atoms with Crippen molar-refractivity contribution in [2.24, 2.45) is 12.8 Å². The fraction of sp³-hybridized carbons (Fsp3) is 0.500. The van der Waals surface area contributed by atoms with Crippen LogP contribution in [-0.2, 0) is 13.5 Å². The van der Waals surface area contributed by atoms with E-state index in [0.29, 0.717) is 0 Å². The molecule has 2 heterocycles. The van der Waals surface area contributed by atoms with E-state index in [0.717, 1.165) is 35.5 Å². The molecule has 3 rings (SSSR count). The third-order valence-corrected chi connectivity index (χ3v) is 4.72. The molecular formula is C12H16N4S. The summed E-state index contributed by atoms with van der Waals surface area (Å²) in [6.45, 7) is 2.07. The van der Waals surface area contributed by atoms with Crippen molar-refractivity contribution in [3.8, 4) is 10.6 Å². The van der Waals surface area contributed by atoms with Crippen LogP contribution >= 0.6 is 11.3 Å². The number of thiazole rings is 1. The predicted octanol–water partition coefficient (Wildman–Crippen LogP) is 2.19. The minimum atomic E-state index is 0.182. The Bertz CT molecular complexity index is 555. The van der Waals surface area contributed by atoms with Crippen molar-refractivity contribution in [3.63, 3.8) is 0 Å². The first-order valence-corrected chi connectivity index (χ1v) is 6.72. The van der Waals surface area contributed by atoms with Crippen molar-refractivity contribution in [2.45, 2.75) is 32.2 Å². The number of nitrogens with zero attached hydrogens (tertiary/aromatic N) is 3. The summed E-state index contributed by atoms with van der Waals surface area (Å²) in [7, 11) is 1.96. The lowest BCUT2D eigenvalue weighted by Crippen LogP contribution is -2.15. The van der Waals surface area contributed by atoms with Crippen molar-refractivity contribution >= 4 is 11.3 Å². The Hall–Kier alpha value is -1.20. The lowest BCUT2D eigenvalue weighted by molar-refractivity contribution is 0.573. The van der Waals surface area contributed by atoms with Gasteiger partial charge in [0.2, 0.25) is 0 Å². The predicted molar refractivity (Wildman–Crippen MR) is 68.9 cm³/mol. The molecule has 0 saturated carbocycles. The Balaban J connectivity index is 2.08. The molecule has 0 bridgehead atoms. The third kappa shape index (κ3) is 1.70. The van der Waals surface area contributed by atoms with Crippen LogP contribution in [0.4, 0.5) is 0 Å². The highest BCUT2D eigenvalue weighted by molar-refractivity contribution is 7.15. The number of hydrogen-bond acceptors (Lipinski definition) is 4. The fourth-order valence-electron chi connectivity index (χ4n) is 2.28. The van der Waals surface area contributed by atoms with Gasteiger partial charge in [0.1, 0.15) is 5.01 Å². The molecule has 0 radical (unpaired) electrons. The Kier molecular flexibility index (Phi) is 2.52. The second-order valence-electron chi connectivity index (χ2n) is 4.60. The zero-order valence-corrected chi connectivity index (χ0v) is 10.9. The molecule has 0 spiro atoms. The standard InChI is InChI=1S/C12H16N4S/c1-7-8(6-14-16(7)2)12-15-10-5-3-4-9(13)11(10)17-12/h6,9H,3-5,13H2,1-2H3. The number of aromatic nitrogens is 3. The molecule has 2 aromatic heterocycles. The highest BCUT2D eigenvalue weighted by Gasteiger charge is 2.23. The first kappa shape index (κ1) is 10.9. The van der Waals surface area contributed by atoms with Crippen molar-refractivity contribution in [1.82, 2.24) is 14.8 Å². The minimum Gasteiger partial charge on any atom is -0.323 e. The summed E-state index contributed by atoms with van der Waals surface area (Å²) in [4.78, 5) is 6.00. The molecule has 0 fully saturated rings. The van der Waals surface area contributed by atoms with Crippen LogP contribution < -0.4 is 5.73 Å². The number of nitrogens with two attached hydrogens (primary N) is 1. The molecule has 1 unspecified atom stereocenters. The molecule has 1 aliphatic carbocycles. The van der Waals surface area contributed by atoms with Gasteiger partial charge < -0.3 is 5.73 Å². The van der Waals surface area contributed by atoms with Crippen LogP contribution in [-0.4, -0.2) is 14.8 Å². The maximum Gasteiger partial charge on any atom is 0.127 e. The fourth-order valence-corrected chi connectivity index (χ4v) is 3.49. The van der Waals surface area contributed by atoms with Gasteiger partial charge in [0, 0.05) is 23.7 Å². The van der Waals surface area contributed by atoms with E-state index in [2.05, 4.69) is 12.0 Å². The van der Waals surface area contributed by atoms with E-state index in [1.165, 1.54) is 10.6 Å². The van der Waals surface area contributed by atoms with E-state index in [4.69, 9.17) is 10.7 Å². The highest BCUT2D eigenvalue weighted by Crippen LogP contribution is 2.37. The molecular weight excluding hydrogens is 232 g/mol. The lowest BCUT2D eigenvalue weighted by Gasteiger charge is -2.15. The minimum absolute atomic E-state index is 0.182. The quantitative estimate of drug-likeness (QED) is 0.841. The maximum atomic E-state index is 6.13.